The van der Waals surface area contributed by atoms with Crippen LogP contribution in [-0.4, -0.2) is 25.5 Å². The Morgan fingerprint density at radius 2 is 1.69 bits per heavy atom. The molecule has 164 valence electrons. The summed E-state index contributed by atoms with van der Waals surface area (Å²) in [4.78, 5) is 26.3. The van der Waals surface area contributed by atoms with E-state index < -0.39 is 11.6 Å². The van der Waals surface area contributed by atoms with Gasteiger partial charge >= 0.3 is 0 Å². The second kappa shape index (κ2) is 8.59. The van der Waals surface area contributed by atoms with E-state index in [1.807, 2.05) is 52.0 Å². The SMILES string of the molecule is CCC(C(=O)Nc1ccc(Cl)cc1)n1nc(C)c2c(C)n(-c3ccc(C)cc3)nc2c1=O. The van der Waals surface area contributed by atoms with Gasteiger partial charge in [0.15, 0.2) is 5.52 Å². The van der Waals surface area contributed by atoms with Crippen LogP contribution in [0.3, 0.4) is 0 Å². The van der Waals surface area contributed by atoms with Gasteiger partial charge in [0.2, 0.25) is 5.91 Å². The Labute approximate surface area is 190 Å². The van der Waals surface area contributed by atoms with Gasteiger partial charge in [0.1, 0.15) is 6.04 Å². The number of nitrogens with zero attached hydrogens (tertiary/aromatic N) is 4. The maximum absolute atomic E-state index is 13.4. The molecule has 0 bridgehead atoms. The quantitative estimate of drug-likeness (QED) is 0.476. The Bertz CT molecular complexity index is 1350. The van der Waals surface area contributed by atoms with Crippen LogP contribution in [0.15, 0.2) is 53.3 Å². The first-order valence-corrected chi connectivity index (χ1v) is 10.8. The minimum Gasteiger partial charge on any atom is -0.324 e. The first kappa shape index (κ1) is 21.8. The molecule has 1 amide bonds. The van der Waals surface area contributed by atoms with Crippen LogP contribution in [-0.2, 0) is 4.79 Å². The summed E-state index contributed by atoms with van der Waals surface area (Å²) in [6, 6.07) is 14.0. The van der Waals surface area contributed by atoms with Crippen LogP contribution in [0.2, 0.25) is 5.02 Å². The van der Waals surface area contributed by atoms with Crippen molar-refractivity contribution < 1.29 is 4.79 Å². The van der Waals surface area contributed by atoms with Gasteiger partial charge in [-0.15, -0.1) is 0 Å². The fraction of sp³-hybridized carbons (Fsp3) is 0.250. The lowest BCUT2D eigenvalue weighted by Gasteiger charge is -2.17. The van der Waals surface area contributed by atoms with Crippen LogP contribution >= 0.6 is 11.6 Å². The highest BCUT2D eigenvalue weighted by Gasteiger charge is 2.25. The molecule has 0 radical (unpaired) electrons. The summed E-state index contributed by atoms with van der Waals surface area (Å²) in [7, 11) is 0. The zero-order valence-corrected chi connectivity index (χ0v) is 19.1. The summed E-state index contributed by atoms with van der Waals surface area (Å²) in [5.41, 5.74) is 3.99. The molecular formula is C24H24ClN5O2. The standard InChI is InChI=1S/C24H24ClN5O2/c1-5-20(23(31)26-18-10-8-17(25)9-11-18)30-24(32)22-21(15(3)27-30)16(4)29(28-22)19-12-6-14(2)7-13-19/h6-13,20H,5H2,1-4H3,(H,26,31). The summed E-state index contributed by atoms with van der Waals surface area (Å²) >= 11 is 5.92. The molecule has 0 saturated carbocycles. The maximum Gasteiger partial charge on any atom is 0.295 e. The van der Waals surface area contributed by atoms with E-state index in [-0.39, 0.29) is 5.91 Å². The summed E-state index contributed by atoms with van der Waals surface area (Å²) < 4.78 is 2.99. The molecule has 2 aromatic carbocycles. The van der Waals surface area contributed by atoms with E-state index in [1.165, 1.54) is 4.68 Å². The molecule has 2 aromatic heterocycles. The number of halogens is 1. The highest BCUT2D eigenvalue weighted by molar-refractivity contribution is 6.30. The van der Waals surface area contributed by atoms with E-state index >= 15 is 0 Å². The van der Waals surface area contributed by atoms with E-state index in [9.17, 15) is 9.59 Å². The largest absolute Gasteiger partial charge is 0.324 e. The average Bonchev–Trinajstić information content (AvgIpc) is 3.12. The Hall–Kier alpha value is -3.45. The number of benzene rings is 2. The first-order valence-electron chi connectivity index (χ1n) is 10.4. The highest BCUT2D eigenvalue weighted by atomic mass is 35.5. The topological polar surface area (TPSA) is 81.8 Å². The Morgan fingerprint density at radius 3 is 2.31 bits per heavy atom. The third-order valence-corrected chi connectivity index (χ3v) is 5.77. The van der Waals surface area contributed by atoms with Gasteiger partial charge in [-0.2, -0.15) is 10.2 Å². The number of nitrogens with one attached hydrogen (secondary N) is 1. The number of aryl methyl sites for hydroxylation is 3. The molecule has 0 aliphatic heterocycles. The van der Waals surface area contributed by atoms with Crippen LogP contribution in [0.5, 0.6) is 0 Å². The van der Waals surface area contributed by atoms with E-state index in [0.29, 0.717) is 33.7 Å². The van der Waals surface area contributed by atoms with E-state index in [1.54, 1.807) is 28.9 Å². The van der Waals surface area contributed by atoms with E-state index in [4.69, 9.17) is 11.6 Å². The molecule has 4 rings (SSSR count). The van der Waals surface area contributed by atoms with Crippen molar-refractivity contribution in [2.24, 2.45) is 0 Å². The number of carbonyl (C=O) groups excluding carboxylic acids is 1. The normalized spacial score (nSPS) is 12.2. The predicted octanol–water partition coefficient (Wildman–Crippen LogP) is 4.75. The molecule has 2 heterocycles. The molecule has 32 heavy (non-hydrogen) atoms. The molecule has 0 aliphatic carbocycles. The van der Waals surface area contributed by atoms with Crippen molar-refractivity contribution in [1.82, 2.24) is 19.6 Å². The van der Waals surface area contributed by atoms with Gasteiger partial charge < -0.3 is 5.32 Å². The van der Waals surface area contributed by atoms with E-state index in [0.717, 1.165) is 16.9 Å². The molecule has 1 N–H and O–H groups in total. The fourth-order valence-corrected chi connectivity index (χ4v) is 3.95. The zero-order chi connectivity index (χ0) is 23.0. The smallest absolute Gasteiger partial charge is 0.295 e. The summed E-state index contributed by atoms with van der Waals surface area (Å²) in [5.74, 6) is -0.321. The van der Waals surface area contributed by atoms with Crippen LogP contribution in [0.1, 0.15) is 36.3 Å². The minimum atomic E-state index is -0.772. The Balaban J connectivity index is 1.77. The number of fused-ring (bicyclic) bond motifs is 1. The number of aromatic nitrogens is 4. The molecule has 4 aromatic rings. The van der Waals surface area contributed by atoms with Gasteiger partial charge in [0.05, 0.1) is 22.5 Å². The van der Waals surface area contributed by atoms with E-state index in [2.05, 4.69) is 15.5 Å². The second-order valence-corrected chi connectivity index (χ2v) is 8.25. The average molecular weight is 450 g/mol. The minimum absolute atomic E-state index is 0.299. The van der Waals surface area contributed by atoms with Crippen molar-refractivity contribution in [1.29, 1.82) is 0 Å². The molecule has 1 atom stereocenters. The molecule has 7 nitrogen and oxygen atoms in total. The van der Waals surface area contributed by atoms with Crippen molar-refractivity contribution in [3.05, 3.63) is 80.9 Å². The molecular weight excluding hydrogens is 426 g/mol. The molecule has 1 unspecified atom stereocenters. The van der Waals surface area contributed by atoms with Gasteiger partial charge in [-0.05, 0) is 63.6 Å². The van der Waals surface area contributed by atoms with Crippen molar-refractivity contribution in [3.63, 3.8) is 0 Å². The van der Waals surface area contributed by atoms with Gasteiger partial charge in [-0.25, -0.2) is 9.36 Å². The highest BCUT2D eigenvalue weighted by Crippen LogP contribution is 2.23. The zero-order valence-electron chi connectivity index (χ0n) is 18.4. The van der Waals surface area contributed by atoms with Gasteiger partial charge in [0, 0.05) is 10.7 Å². The van der Waals surface area contributed by atoms with Gasteiger partial charge in [0.25, 0.3) is 5.56 Å². The lowest BCUT2D eigenvalue weighted by molar-refractivity contribution is -0.119. The monoisotopic (exact) mass is 449 g/mol. The number of hydrogen-bond acceptors (Lipinski definition) is 4. The van der Waals surface area contributed by atoms with Crippen molar-refractivity contribution in [3.8, 4) is 5.69 Å². The lowest BCUT2D eigenvalue weighted by atomic mass is 10.1. The number of rotatable bonds is 5. The Morgan fingerprint density at radius 1 is 1.03 bits per heavy atom. The van der Waals surface area contributed by atoms with Crippen LogP contribution in [0.4, 0.5) is 5.69 Å². The van der Waals surface area contributed by atoms with Crippen molar-refractivity contribution >= 4 is 34.1 Å². The summed E-state index contributed by atoms with van der Waals surface area (Å²) in [6.07, 6.45) is 0.398. The van der Waals surface area contributed by atoms with Crippen LogP contribution in [0, 0.1) is 20.8 Å². The fourth-order valence-electron chi connectivity index (χ4n) is 3.83. The number of carbonyl (C=O) groups is 1. The molecule has 0 spiro atoms. The third kappa shape index (κ3) is 3.91. The predicted molar refractivity (Wildman–Crippen MR) is 127 cm³/mol. The lowest BCUT2D eigenvalue weighted by Crippen LogP contribution is -2.35. The maximum atomic E-state index is 13.4. The second-order valence-electron chi connectivity index (χ2n) is 7.81. The van der Waals surface area contributed by atoms with Gasteiger partial charge in [-0.1, -0.05) is 36.2 Å². The number of amides is 1. The van der Waals surface area contributed by atoms with Crippen LogP contribution < -0.4 is 10.9 Å². The van der Waals surface area contributed by atoms with Crippen LogP contribution in [0.25, 0.3) is 16.6 Å². The van der Waals surface area contributed by atoms with Crippen molar-refractivity contribution in [2.45, 2.75) is 40.2 Å². The van der Waals surface area contributed by atoms with Gasteiger partial charge in [-0.3, -0.25) is 9.59 Å². The number of anilines is 1. The third-order valence-electron chi connectivity index (χ3n) is 5.52. The first-order chi connectivity index (χ1) is 15.3. The van der Waals surface area contributed by atoms with Crippen molar-refractivity contribution in [2.75, 3.05) is 5.32 Å². The summed E-state index contributed by atoms with van der Waals surface area (Å²) in [6.45, 7) is 7.60. The molecule has 8 heteroatoms. The molecule has 0 aliphatic rings. The summed E-state index contributed by atoms with van der Waals surface area (Å²) in [5, 5.41) is 13.2. The molecule has 0 fully saturated rings. The Kier molecular flexibility index (Phi) is 5.84. The molecule has 0 saturated heterocycles. The number of hydrogen-bond donors (Lipinski definition) is 1.